The lowest BCUT2D eigenvalue weighted by molar-refractivity contribution is 0.222. The zero-order chi connectivity index (χ0) is 13.8. The molecule has 0 saturated heterocycles. The Balaban J connectivity index is 2.42. The summed E-state index contributed by atoms with van der Waals surface area (Å²) in [5.74, 6) is 0.957. The maximum absolute atomic E-state index is 5.53. The van der Waals surface area contributed by atoms with Crippen LogP contribution in [0.5, 0.6) is 6.01 Å². The smallest absolute Gasteiger partial charge is 0.322 e. The summed E-state index contributed by atoms with van der Waals surface area (Å²) in [7, 11) is 1.78. The molecule has 19 heavy (non-hydrogen) atoms. The van der Waals surface area contributed by atoms with E-state index in [1.165, 1.54) is 0 Å². The van der Waals surface area contributed by atoms with Crippen LogP contribution in [0.15, 0.2) is 6.20 Å². The minimum absolute atomic E-state index is 0.00520. The first kappa shape index (κ1) is 13.2. The van der Waals surface area contributed by atoms with Crippen LogP contribution in [0.25, 0.3) is 11.5 Å². The van der Waals surface area contributed by atoms with Gasteiger partial charge in [-0.3, -0.25) is 0 Å². The Morgan fingerprint density at radius 3 is 2.68 bits per heavy atom. The van der Waals surface area contributed by atoms with E-state index in [9.17, 15) is 0 Å². The fraction of sp³-hybridized carbons (Fsp3) is 0.545. The van der Waals surface area contributed by atoms with Gasteiger partial charge < -0.3 is 10.1 Å². The predicted molar refractivity (Wildman–Crippen MR) is 69.8 cm³/mol. The molecule has 2 aromatic rings. The molecule has 0 amide bonds. The van der Waals surface area contributed by atoms with Gasteiger partial charge in [-0.25, -0.2) is 4.68 Å². The quantitative estimate of drug-likeness (QED) is 0.856. The van der Waals surface area contributed by atoms with Gasteiger partial charge in [0.15, 0.2) is 5.82 Å². The van der Waals surface area contributed by atoms with Crippen molar-refractivity contribution in [3.8, 4) is 17.5 Å². The van der Waals surface area contributed by atoms with E-state index >= 15 is 0 Å². The summed E-state index contributed by atoms with van der Waals surface area (Å²) in [6.07, 6.45) is 1.60. The van der Waals surface area contributed by atoms with Gasteiger partial charge in [0.2, 0.25) is 5.95 Å². The van der Waals surface area contributed by atoms with Crippen LogP contribution in [-0.2, 0) is 7.05 Å². The molecule has 0 bridgehead atoms. The molecular weight excluding hydrogens is 246 g/mol. The maximum Gasteiger partial charge on any atom is 0.322 e. The first-order valence-corrected chi connectivity index (χ1v) is 6.11. The Labute approximate surface area is 111 Å². The molecule has 0 saturated carbocycles. The largest absolute Gasteiger partial charge is 0.461 e. The minimum atomic E-state index is -0.00520. The lowest BCUT2D eigenvalue weighted by atomic mass is 10.4. The third-order valence-electron chi connectivity index (χ3n) is 2.23. The van der Waals surface area contributed by atoms with Crippen molar-refractivity contribution in [2.45, 2.75) is 26.9 Å². The summed E-state index contributed by atoms with van der Waals surface area (Å²) in [4.78, 5) is 12.8. The molecule has 0 aromatic carbocycles. The van der Waals surface area contributed by atoms with Crippen molar-refractivity contribution in [2.24, 2.45) is 7.05 Å². The number of rotatable bonds is 5. The maximum atomic E-state index is 5.53. The van der Waals surface area contributed by atoms with Crippen molar-refractivity contribution in [1.29, 1.82) is 0 Å². The van der Waals surface area contributed by atoms with Crippen molar-refractivity contribution < 1.29 is 4.74 Å². The van der Waals surface area contributed by atoms with E-state index in [1.54, 1.807) is 17.9 Å². The number of nitrogens with zero attached hydrogens (tertiary/aromatic N) is 6. The molecule has 0 atom stereocenters. The molecule has 8 nitrogen and oxygen atoms in total. The first-order valence-electron chi connectivity index (χ1n) is 6.11. The topological polar surface area (TPSA) is 90.6 Å². The molecule has 2 aromatic heterocycles. The fourth-order valence-corrected chi connectivity index (χ4v) is 1.46. The second-order valence-corrected chi connectivity index (χ2v) is 4.20. The van der Waals surface area contributed by atoms with E-state index in [4.69, 9.17) is 4.74 Å². The number of aryl methyl sites for hydroxylation is 1. The molecule has 0 aliphatic heterocycles. The lowest BCUT2D eigenvalue weighted by Gasteiger charge is -2.10. The van der Waals surface area contributed by atoms with Crippen molar-refractivity contribution in [2.75, 3.05) is 11.9 Å². The monoisotopic (exact) mass is 263 g/mol. The summed E-state index contributed by atoms with van der Waals surface area (Å²) in [6.45, 7) is 6.52. The summed E-state index contributed by atoms with van der Waals surface area (Å²) < 4.78 is 7.13. The average molecular weight is 263 g/mol. The van der Waals surface area contributed by atoms with Crippen LogP contribution in [0.3, 0.4) is 0 Å². The van der Waals surface area contributed by atoms with Gasteiger partial charge in [0.1, 0.15) is 5.69 Å². The van der Waals surface area contributed by atoms with Gasteiger partial charge in [-0.1, -0.05) is 5.21 Å². The van der Waals surface area contributed by atoms with Gasteiger partial charge in [0.25, 0.3) is 0 Å². The normalized spacial score (nSPS) is 10.8. The molecule has 0 fully saturated rings. The van der Waals surface area contributed by atoms with Crippen LogP contribution in [0.1, 0.15) is 20.8 Å². The Morgan fingerprint density at radius 2 is 2.11 bits per heavy atom. The number of anilines is 1. The molecule has 8 heteroatoms. The fourth-order valence-electron chi connectivity index (χ4n) is 1.46. The van der Waals surface area contributed by atoms with Crippen LogP contribution < -0.4 is 10.1 Å². The molecule has 0 aliphatic rings. The van der Waals surface area contributed by atoms with Gasteiger partial charge in [-0.2, -0.15) is 15.0 Å². The van der Waals surface area contributed by atoms with Gasteiger partial charge >= 0.3 is 6.01 Å². The zero-order valence-corrected chi connectivity index (χ0v) is 11.5. The average Bonchev–Trinajstić information content (AvgIpc) is 2.74. The Morgan fingerprint density at radius 1 is 1.32 bits per heavy atom. The van der Waals surface area contributed by atoms with E-state index < -0.39 is 0 Å². The molecule has 0 spiro atoms. The highest BCUT2D eigenvalue weighted by Crippen LogP contribution is 2.17. The minimum Gasteiger partial charge on any atom is -0.461 e. The SMILES string of the molecule is CCNc1nc(OC(C)C)nc(-c2cnnn2C)n1. The van der Waals surface area contributed by atoms with Gasteiger partial charge in [-0.15, -0.1) is 5.10 Å². The van der Waals surface area contributed by atoms with Crippen molar-refractivity contribution in [3.63, 3.8) is 0 Å². The second kappa shape index (κ2) is 5.59. The van der Waals surface area contributed by atoms with Crippen LogP contribution in [0, 0.1) is 0 Å². The standard InChI is InChI=1S/C11H17N7O/c1-5-12-10-14-9(8-6-13-17-18(8)4)15-11(16-10)19-7(2)3/h6-7H,5H2,1-4H3,(H,12,14,15,16). The molecule has 1 N–H and O–H groups in total. The predicted octanol–water partition coefficient (Wildman–Crippen LogP) is 0.886. The third kappa shape index (κ3) is 3.15. The summed E-state index contributed by atoms with van der Waals surface area (Å²) in [5, 5.41) is 10.7. The molecule has 0 aliphatic carbocycles. The summed E-state index contributed by atoms with van der Waals surface area (Å²) in [6, 6.07) is 0.289. The molecule has 102 valence electrons. The number of hydrogen-bond acceptors (Lipinski definition) is 7. The van der Waals surface area contributed by atoms with E-state index in [0.29, 0.717) is 24.0 Å². The zero-order valence-electron chi connectivity index (χ0n) is 11.5. The summed E-state index contributed by atoms with van der Waals surface area (Å²) >= 11 is 0. The summed E-state index contributed by atoms with van der Waals surface area (Å²) in [5.41, 5.74) is 0.704. The molecule has 2 heterocycles. The van der Waals surface area contributed by atoms with E-state index in [0.717, 1.165) is 0 Å². The number of ether oxygens (including phenoxy) is 1. The van der Waals surface area contributed by atoms with Crippen LogP contribution in [0.2, 0.25) is 0 Å². The lowest BCUT2D eigenvalue weighted by Crippen LogP contribution is -2.12. The van der Waals surface area contributed by atoms with Gasteiger partial charge in [0, 0.05) is 13.6 Å². The van der Waals surface area contributed by atoms with E-state index in [1.807, 2.05) is 20.8 Å². The molecular formula is C11H17N7O. The van der Waals surface area contributed by atoms with Gasteiger partial charge in [-0.05, 0) is 20.8 Å². The molecule has 0 radical (unpaired) electrons. The Bertz CT molecular complexity index is 552. The first-order chi connectivity index (χ1) is 9.10. The third-order valence-corrected chi connectivity index (χ3v) is 2.23. The Kier molecular flexibility index (Phi) is 3.88. The Hall–Kier alpha value is -2.25. The molecule has 2 rings (SSSR count). The highest BCUT2D eigenvalue weighted by molar-refractivity contribution is 5.50. The van der Waals surface area contributed by atoms with Crippen molar-refractivity contribution in [1.82, 2.24) is 29.9 Å². The number of hydrogen-bond donors (Lipinski definition) is 1. The van der Waals surface area contributed by atoms with Crippen molar-refractivity contribution >= 4 is 5.95 Å². The van der Waals surface area contributed by atoms with Crippen molar-refractivity contribution in [3.05, 3.63) is 6.20 Å². The highest BCUT2D eigenvalue weighted by atomic mass is 16.5. The van der Waals surface area contributed by atoms with Crippen LogP contribution in [0.4, 0.5) is 5.95 Å². The van der Waals surface area contributed by atoms with E-state index in [2.05, 4.69) is 30.6 Å². The van der Waals surface area contributed by atoms with Crippen LogP contribution >= 0.6 is 0 Å². The molecule has 0 unspecified atom stereocenters. The van der Waals surface area contributed by atoms with Gasteiger partial charge in [0.05, 0.1) is 12.3 Å². The second-order valence-electron chi connectivity index (χ2n) is 4.20. The number of aromatic nitrogens is 6. The highest BCUT2D eigenvalue weighted by Gasteiger charge is 2.13. The number of nitrogens with one attached hydrogen (secondary N) is 1. The van der Waals surface area contributed by atoms with E-state index in [-0.39, 0.29) is 12.1 Å². The van der Waals surface area contributed by atoms with Crippen LogP contribution in [-0.4, -0.2) is 42.6 Å².